The summed E-state index contributed by atoms with van der Waals surface area (Å²) in [6, 6.07) is 7.54. The molecule has 100 valence electrons. The highest BCUT2D eigenvalue weighted by molar-refractivity contribution is 9.10. The van der Waals surface area contributed by atoms with Gasteiger partial charge in [-0.2, -0.15) is 0 Å². The zero-order chi connectivity index (χ0) is 14.0. The molecule has 0 radical (unpaired) electrons. The van der Waals surface area contributed by atoms with Crippen LogP contribution in [0.3, 0.4) is 0 Å². The molecule has 19 heavy (non-hydrogen) atoms. The molecule has 6 heteroatoms. The van der Waals surface area contributed by atoms with Crippen LogP contribution in [-0.4, -0.2) is 4.98 Å². The molecule has 0 aliphatic carbocycles. The van der Waals surface area contributed by atoms with Gasteiger partial charge in [0.05, 0.1) is 10.0 Å². The first-order valence-corrected chi connectivity index (χ1v) is 7.51. The molecule has 0 fully saturated rings. The van der Waals surface area contributed by atoms with Crippen LogP contribution in [0.2, 0.25) is 15.2 Å². The number of hydrogen-bond donors (Lipinski definition) is 1. The lowest BCUT2D eigenvalue weighted by atomic mass is 10.1. The summed E-state index contributed by atoms with van der Waals surface area (Å²) in [5.41, 5.74) is 2.09. The van der Waals surface area contributed by atoms with E-state index in [0.717, 1.165) is 22.1 Å². The standard InChI is InChI=1S/C13H10BrCl3N2/c1-2-7-5-8(14)3-4-11(7)18-13-10(16)6-9(15)12(17)19-13/h3-6H,2H2,1H3,(H,18,19). The Kier molecular flexibility index (Phi) is 4.96. The van der Waals surface area contributed by atoms with E-state index >= 15 is 0 Å². The largest absolute Gasteiger partial charge is 0.339 e. The van der Waals surface area contributed by atoms with Gasteiger partial charge in [0.25, 0.3) is 0 Å². The molecule has 0 aliphatic rings. The lowest BCUT2D eigenvalue weighted by Gasteiger charge is -2.12. The van der Waals surface area contributed by atoms with Crippen LogP contribution in [0, 0.1) is 0 Å². The highest BCUT2D eigenvalue weighted by atomic mass is 79.9. The number of anilines is 2. The summed E-state index contributed by atoms with van der Waals surface area (Å²) in [5, 5.41) is 4.17. The summed E-state index contributed by atoms with van der Waals surface area (Å²) in [6.45, 7) is 2.08. The van der Waals surface area contributed by atoms with Crippen LogP contribution < -0.4 is 5.32 Å². The minimum Gasteiger partial charge on any atom is -0.339 e. The van der Waals surface area contributed by atoms with E-state index in [-0.39, 0.29) is 5.15 Å². The number of halogens is 4. The van der Waals surface area contributed by atoms with E-state index in [0.29, 0.717) is 15.9 Å². The van der Waals surface area contributed by atoms with Gasteiger partial charge in [0.1, 0.15) is 5.15 Å². The quantitative estimate of drug-likeness (QED) is 0.650. The van der Waals surface area contributed by atoms with Gasteiger partial charge in [-0.3, -0.25) is 0 Å². The van der Waals surface area contributed by atoms with Gasteiger partial charge >= 0.3 is 0 Å². The number of nitrogens with one attached hydrogen (secondary N) is 1. The highest BCUT2D eigenvalue weighted by Gasteiger charge is 2.10. The van der Waals surface area contributed by atoms with Crippen LogP contribution in [0.1, 0.15) is 12.5 Å². The Morgan fingerprint density at radius 1 is 1.16 bits per heavy atom. The number of nitrogens with zero attached hydrogens (tertiary/aromatic N) is 1. The van der Waals surface area contributed by atoms with Gasteiger partial charge in [0.15, 0.2) is 5.82 Å². The number of rotatable bonds is 3. The Morgan fingerprint density at radius 3 is 2.58 bits per heavy atom. The number of benzene rings is 1. The van der Waals surface area contributed by atoms with Crippen LogP contribution in [0.4, 0.5) is 11.5 Å². The van der Waals surface area contributed by atoms with Crippen LogP contribution in [-0.2, 0) is 6.42 Å². The number of aromatic nitrogens is 1. The van der Waals surface area contributed by atoms with E-state index in [2.05, 4.69) is 33.2 Å². The first-order chi connectivity index (χ1) is 9.01. The Morgan fingerprint density at radius 2 is 1.89 bits per heavy atom. The molecule has 1 aromatic heterocycles. The summed E-state index contributed by atoms with van der Waals surface area (Å²) >= 11 is 21.3. The van der Waals surface area contributed by atoms with Crippen molar-refractivity contribution in [1.82, 2.24) is 4.98 Å². The summed E-state index contributed by atoms with van der Waals surface area (Å²) < 4.78 is 1.03. The third-order valence-corrected chi connectivity index (χ3v) is 4.04. The molecule has 0 bridgehead atoms. The predicted molar refractivity (Wildman–Crippen MR) is 86.1 cm³/mol. The maximum Gasteiger partial charge on any atom is 0.151 e. The Labute approximate surface area is 135 Å². The van der Waals surface area contributed by atoms with E-state index in [9.17, 15) is 0 Å². The first-order valence-electron chi connectivity index (χ1n) is 5.58. The molecule has 0 aliphatic heterocycles. The molecule has 0 unspecified atom stereocenters. The smallest absolute Gasteiger partial charge is 0.151 e. The fourth-order valence-corrected chi connectivity index (χ4v) is 2.59. The molecular formula is C13H10BrCl3N2. The molecule has 2 nitrogen and oxygen atoms in total. The second-order valence-electron chi connectivity index (χ2n) is 3.87. The second-order valence-corrected chi connectivity index (χ2v) is 5.96. The summed E-state index contributed by atoms with van der Waals surface area (Å²) in [4.78, 5) is 4.14. The van der Waals surface area contributed by atoms with Crippen molar-refractivity contribution in [2.24, 2.45) is 0 Å². The average Bonchev–Trinajstić information content (AvgIpc) is 2.37. The van der Waals surface area contributed by atoms with Crippen molar-refractivity contribution < 1.29 is 0 Å². The van der Waals surface area contributed by atoms with E-state index in [1.54, 1.807) is 6.07 Å². The van der Waals surface area contributed by atoms with Crippen LogP contribution in [0.25, 0.3) is 0 Å². The first kappa shape index (κ1) is 14.9. The van der Waals surface area contributed by atoms with Crippen molar-refractivity contribution in [1.29, 1.82) is 0 Å². The molecule has 0 saturated carbocycles. The minimum absolute atomic E-state index is 0.226. The van der Waals surface area contributed by atoms with E-state index in [1.165, 1.54) is 0 Å². The zero-order valence-corrected chi connectivity index (χ0v) is 13.8. The lowest BCUT2D eigenvalue weighted by Crippen LogP contribution is -1.98. The Bertz CT molecular complexity index is 617. The van der Waals surface area contributed by atoms with Crippen molar-refractivity contribution >= 4 is 62.2 Å². The Hall–Kier alpha value is -0.480. The van der Waals surface area contributed by atoms with E-state index < -0.39 is 0 Å². The van der Waals surface area contributed by atoms with Crippen molar-refractivity contribution in [3.8, 4) is 0 Å². The molecule has 1 heterocycles. The lowest BCUT2D eigenvalue weighted by molar-refractivity contribution is 1.13. The van der Waals surface area contributed by atoms with Gasteiger partial charge in [-0.15, -0.1) is 0 Å². The average molecular weight is 381 g/mol. The third kappa shape index (κ3) is 3.54. The maximum atomic E-state index is 6.10. The molecule has 1 N–H and O–H groups in total. The van der Waals surface area contributed by atoms with E-state index in [4.69, 9.17) is 34.8 Å². The molecule has 2 aromatic rings. The van der Waals surface area contributed by atoms with Crippen molar-refractivity contribution in [3.05, 3.63) is 49.5 Å². The molecule has 0 amide bonds. The number of hydrogen-bond acceptors (Lipinski definition) is 2. The third-order valence-electron chi connectivity index (χ3n) is 2.59. The van der Waals surface area contributed by atoms with Crippen molar-refractivity contribution in [2.45, 2.75) is 13.3 Å². The maximum absolute atomic E-state index is 6.10. The van der Waals surface area contributed by atoms with Gasteiger partial charge in [0, 0.05) is 10.2 Å². The topological polar surface area (TPSA) is 24.9 Å². The second kappa shape index (κ2) is 6.31. The summed E-state index contributed by atoms with van der Waals surface area (Å²) in [5.74, 6) is 0.494. The number of pyridine rings is 1. The van der Waals surface area contributed by atoms with Gasteiger partial charge in [-0.1, -0.05) is 57.7 Å². The molecule has 1 aromatic carbocycles. The predicted octanol–water partition coefficient (Wildman–Crippen LogP) is 6.11. The molecule has 2 rings (SSSR count). The van der Waals surface area contributed by atoms with Crippen LogP contribution >= 0.6 is 50.7 Å². The summed E-state index contributed by atoms with van der Waals surface area (Å²) in [6.07, 6.45) is 0.890. The highest BCUT2D eigenvalue weighted by Crippen LogP contribution is 2.32. The van der Waals surface area contributed by atoms with Crippen LogP contribution in [0.15, 0.2) is 28.7 Å². The fraction of sp³-hybridized carbons (Fsp3) is 0.154. The minimum atomic E-state index is 0.226. The van der Waals surface area contributed by atoms with Gasteiger partial charge in [-0.25, -0.2) is 4.98 Å². The number of aryl methyl sites for hydroxylation is 1. The van der Waals surface area contributed by atoms with Gasteiger partial charge in [-0.05, 0) is 36.2 Å². The molecule has 0 spiro atoms. The van der Waals surface area contributed by atoms with Gasteiger partial charge in [0.2, 0.25) is 0 Å². The summed E-state index contributed by atoms with van der Waals surface area (Å²) in [7, 11) is 0. The monoisotopic (exact) mass is 378 g/mol. The SMILES string of the molecule is CCc1cc(Br)ccc1Nc1nc(Cl)c(Cl)cc1Cl. The molecular weight excluding hydrogens is 370 g/mol. The van der Waals surface area contributed by atoms with Crippen molar-refractivity contribution in [2.75, 3.05) is 5.32 Å². The normalized spacial score (nSPS) is 10.6. The van der Waals surface area contributed by atoms with E-state index in [1.807, 2.05) is 18.2 Å². The zero-order valence-electron chi connectivity index (χ0n) is 9.98. The molecule has 0 saturated heterocycles. The van der Waals surface area contributed by atoms with Crippen LogP contribution in [0.5, 0.6) is 0 Å². The van der Waals surface area contributed by atoms with Gasteiger partial charge < -0.3 is 5.32 Å². The molecule has 0 atom stereocenters. The Balaban J connectivity index is 2.39. The van der Waals surface area contributed by atoms with Crippen molar-refractivity contribution in [3.63, 3.8) is 0 Å². The fourth-order valence-electron chi connectivity index (χ4n) is 1.64.